The molecule has 3 heteroatoms. The van der Waals surface area contributed by atoms with Crippen molar-refractivity contribution in [3.8, 4) is 5.75 Å². The van der Waals surface area contributed by atoms with Crippen LogP contribution in [0.1, 0.15) is 36.4 Å². The Morgan fingerprint density at radius 1 is 1.31 bits per heavy atom. The van der Waals surface area contributed by atoms with Crippen LogP contribution in [-0.2, 0) is 0 Å². The number of rotatable bonds is 6. The number of unbranched alkanes of at least 4 members (excludes halogenated alkanes) is 1. The molecule has 0 heterocycles. The first-order chi connectivity index (χ1) is 7.69. The van der Waals surface area contributed by atoms with E-state index in [9.17, 15) is 0 Å². The highest BCUT2D eigenvalue weighted by Gasteiger charge is 2.07. The van der Waals surface area contributed by atoms with Crippen LogP contribution in [0.2, 0.25) is 0 Å². The molecule has 0 bridgehead atoms. The molecule has 3 nitrogen and oxygen atoms in total. The fraction of sp³-hybridized carbons (Fsp3) is 0.538. The summed E-state index contributed by atoms with van der Waals surface area (Å²) in [5, 5.41) is 0. The first kappa shape index (κ1) is 13.0. The van der Waals surface area contributed by atoms with Crippen LogP contribution in [0.5, 0.6) is 5.75 Å². The Bertz CT molecular complexity index is 326. The summed E-state index contributed by atoms with van der Waals surface area (Å²) < 4.78 is 5.22. The molecule has 90 valence electrons. The second-order valence-corrected chi connectivity index (χ2v) is 4.12. The van der Waals surface area contributed by atoms with Gasteiger partial charge in [0.1, 0.15) is 5.75 Å². The van der Waals surface area contributed by atoms with Crippen molar-refractivity contribution >= 4 is 0 Å². The summed E-state index contributed by atoms with van der Waals surface area (Å²) in [6.45, 7) is 2.78. The number of methoxy groups -OCH3 is 1. The van der Waals surface area contributed by atoms with E-state index < -0.39 is 0 Å². The van der Waals surface area contributed by atoms with E-state index in [1.165, 1.54) is 5.56 Å². The van der Waals surface area contributed by atoms with E-state index in [2.05, 4.69) is 6.07 Å². The van der Waals surface area contributed by atoms with Crippen LogP contribution in [0.25, 0.3) is 0 Å². The number of hydrogen-bond acceptors (Lipinski definition) is 3. The lowest BCUT2D eigenvalue weighted by atomic mass is 10.00. The van der Waals surface area contributed by atoms with Gasteiger partial charge in [-0.3, -0.25) is 0 Å². The van der Waals surface area contributed by atoms with E-state index in [1.54, 1.807) is 7.11 Å². The molecule has 0 aliphatic carbocycles. The maximum atomic E-state index is 6.11. The van der Waals surface area contributed by atoms with Gasteiger partial charge in [0.2, 0.25) is 0 Å². The van der Waals surface area contributed by atoms with Crippen LogP contribution < -0.4 is 16.2 Å². The lowest BCUT2D eigenvalue weighted by Gasteiger charge is -2.14. The van der Waals surface area contributed by atoms with Gasteiger partial charge < -0.3 is 16.2 Å². The molecule has 1 aromatic carbocycles. The third-order valence-electron chi connectivity index (χ3n) is 2.82. The average Bonchev–Trinajstić information content (AvgIpc) is 2.29. The molecular weight excluding hydrogens is 200 g/mol. The number of nitrogens with two attached hydrogens (primary N) is 2. The highest BCUT2D eigenvalue weighted by molar-refractivity contribution is 5.37. The van der Waals surface area contributed by atoms with Crippen molar-refractivity contribution in [1.29, 1.82) is 0 Å². The normalized spacial score (nSPS) is 12.5. The largest absolute Gasteiger partial charge is 0.496 e. The van der Waals surface area contributed by atoms with Crippen LogP contribution in [0.4, 0.5) is 0 Å². The predicted molar refractivity (Wildman–Crippen MR) is 67.6 cm³/mol. The lowest BCUT2D eigenvalue weighted by molar-refractivity contribution is 0.411. The minimum atomic E-state index is 0.108. The van der Waals surface area contributed by atoms with E-state index in [4.69, 9.17) is 16.2 Å². The Morgan fingerprint density at radius 3 is 2.62 bits per heavy atom. The summed E-state index contributed by atoms with van der Waals surface area (Å²) in [6, 6.07) is 6.23. The molecule has 0 fully saturated rings. The first-order valence-electron chi connectivity index (χ1n) is 5.79. The third-order valence-corrected chi connectivity index (χ3v) is 2.82. The molecule has 0 amide bonds. The summed E-state index contributed by atoms with van der Waals surface area (Å²) in [4.78, 5) is 0. The summed E-state index contributed by atoms with van der Waals surface area (Å²) in [5.74, 6) is 0.915. The van der Waals surface area contributed by atoms with Crippen molar-refractivity contribution < 1.29 is 4.74 Å². The van der Waals surface area contributed by atoms with Gasteiger partial charge in [0.15, 0.2) is 0 Å². The smallest absolute Gasteiger partial charge is 0.121 e. The second kappa shape index (κ2) is 6.51. The molecule has 0 aliphatic heterocycles. The van der Waals surface area contributed by atoms with Crippen LogP contribution in [-0.4, -0.2) is 13.7 Å². The predicted octanol–water partition coefficient (Wildman–Crippen LogP) is 2.13. The zero-order valence-electron chi connectivity index (χ0n) is 10.2. The maximum absolute atomic E-state index is 6.11. The number of benzene rings is 1. The van der Waals surface area contributed by atoms with Gasteiger partial charge in [-0.05, 0) is 43.5 Å². The van der Waals surface area contributed by atoms with E-state index in [0.717, 1.165) is 37.1 Å². The molecule has 0 radical (unpaired) electrons. The number of aryl methyl sites for hydroxylation is 1. The van der Waals surface area contributed by atoms with E-state index >= 15 is 0 Å². The quantitative estimate of drug-likeness (QED) is 0.725. The SMILES string of the molecule is COc1ccc([C@@H](N)CCCCN)cc1C. The third kappa shape index (κ3) is 3.51. The van der Waals surface area contributed by atoms with Crippen LogP contribution in [0.3, 0.4) is 0 Å². The molecule has 4 N–H and O–H groups in total. The second-order valence-electron chi connectivity index (χ2n) is 4.12. The van der Waals surface area contributed by atoms with Crippen molar-refractivity contribution in [1.82, 2.24) is 0 Å². The molecule has 1 atom stereocenters. The van der Waals surface area contributed by atoms with Crippen LogP contribution in [0, 0.1) is 6.92 Å². The summed E-state index contributed by atoms with van der Waals surface area (Å²) in [7, 11) is 1.68. The number of ether oxygens (including phenoxy) is 1. The minimum Gasteiger partial charge on any atom is -0.496 e. The van der Waals surface area contributed by atoms with E-state index in [1.807, 2.05) is 19.1 Å². The fourth-order valence-corrected chi connectivity index (χ4v) is 1.81. The molecule has 0 unspecified atom stereocenters. The number of hydrogen-bond donors (Lipinski definition) is 2. The maximum Gasteiger partial charge on any atom is 0.121 e. The van der Waals surface area contributed by atoms with Gasteiger partial charge in [-0.25, -0.2) is 0 Å². The molecule has 0 aromatic heterocycles. The fourth-order valence-electron chi connectivity index (χ4n) is 1.81. The Kier molecular flexibility index (Phi) is 5.29. The van der Waals surface area contributed by atoms with Crippen LogP contribution in [0.15, 0.2) is 18.2 Å². The van der Waals surface area contributed by atoms with Crippen molar-refractivity contribution in [3.63, 3.8) is 0 Å². The van der Waals surface area contributed by atoms with Gasteiger partial charge in [-0.1, -0.05) is 18.6 Å². The molecule has 1 aromatic rings. The van der Waals surface area contributed by atoms with E-state index in [0.29, 0.717) is 0 Å². The zero-order chi connectivity index (χ0) is 12.0. The van der Waals surface area contributed by atoms with Gasteiger partial charge in [0.05, 0.1) is 7.11 Å². The Labute approximate surface area is 97.8 Å². The standard InChI is InChI=1S/C13H22N2O/c1-10-9-11(6-7-13(10)16-2)12(15)5-3-4-8-14/h6-7,9,12H,3-5,8,14-15H2,1-2H3/t12-/m0/s1. The van der Waals surface area contributed by atoms with Crippen molar-refractivity contribution in [3.05, 3.63) is 29.3 Å². The van der Waals surface area contributed by atoms with Crippen molar-refractivity contribution in [2.75, 3.05) is 13.7 Å². The molecule has 0 aliphatic rings. The van der Waals surface area contributed by atoms with Gasteiger partial charge in [-0.2, -0.15) is 0 Å². The van der Waals surface area contributed by atoms with Crippen molar-refractivity contribution in [2.45, 2.75) is 32.2 Å². The topological polar surface area (TPSA) is 61.3 Å². The monoisotopic (exact) mass is 222 g/mol. The van der Waals surface area contributed by atoms with Gasteiger partial charge in [0.25, 0.3) is 0 Å². The molecule has 0 spiro atoms. The van der Waals surface area contributed by atoms with Gasteiger partial charge in [-0.15, -0.1) is 0 Å². The summed E-state index contributed by atoms with van der Waals surface area (Å²) >= 11 is 0. The Morgan fingerprint density at radius 2 is 2.06 bits per heavy atom. The van der Waals surface area contributed by atoms with Gasteiger partial charge in [0, 0.05) is 6.04 Å². The molecule has 16 heavy (non-hydrogen) atoms. The van der Waals surface area contributed by atoms with E-state index in [-0.39, 0.29) is 6.04 Å². The van der Waals surface area contributed by atoms with Gasteiger partial charge >= 0.3 is 0 Å². The summed E-state index contributed by atoms with van der Waals surface area (Å²) in [6.07, 6.45) is 3.12. The highest BCUT2D eigenvalue weighted by atomic mass is 16.5. The zero-order valence-corrected chi connectivity index (χ0v) is 10.2. The van der Waals surface area contributed by atoms with Crippen LogP contribution >= 0.6 is 0 Å². The minimum absolute atomic E-state index is 0.108. The Hall–Kier alpha value is -1.06. The Balaban J connectivity index is 2.62. The lowest BCUT2D eigenvalue weighted by Crippen LogP contribution is -2.11. The molecular formula is C13H22N2O. The average molecular weight is 222 g/mol. The molecule has 0 saturated carbocycles. The van der Waals surface area contributed by atoms with Crippen molar-refractivity contribution in [2.24, 2.45) is 11.5 Å². The molecule has 0 saturated heterocycles. The highest BCUT2D eigenvalue weighted by Crippen LogP contribution is 2.23. The first-order valence-corrected chi connectivity index (χ1v) is 5.79. The summed E-state index contributed by atoms with van der Waals surface area (Å²) in [5.41, 5.74) is 13.9. The molecule has 1 rings (SSSR count).